The Morgan fingerprint density at radius 3 is 2.00 bits per heavy atom. The zero-order chi connectivity index (χ0) is 10.9. The van der Waals surface area contributed by atoms with Gasteiger partial charge in [0.15, 0.2) is 0 Å². The van der Waals surface area contributed by atoms with Gasteiger partial charge >= 0.3 is 5.97 Å². The maximum Gasteiger partial charge on any atom is 0.331 e. The summed E-state index contributed by atoms with van der Waals surface area (Å²) in [5, 5.41) is 8.44. The maximum absolute atomic E-state index is 10.3. The van der Waals surface area contributed by atoms with E-state index in [-0.39, 0.29) is 0 Å². The number of hydrogen-bond acceptors (Lipinski definition) is 1. The zero-order valence-corrected chi connectivity index (χ0v) is 8.98. The molecule has 1 N–H and O–H groups in total. The Bertz CT molecular complexity index is 277. The fourth-order valence-corrected chi connectivity index (χ4v) is 1.54. The highest BCUT2D eigenvalue weighted by molar-refractivity contribution is 5.87. The molecular weight excluding hydrogens is 188 g/mol. The lowest BCUT2D eigenvalue weighted by atomic mass is 10.1. The fraction of sp³-hybridized carbons (Fsp3) is 0.462. The van der Waals surface area contributed by atoms with Gasteiger partial charge in [-0.1, -0.05) is 30.4 Å². The quantitative estimate of drug-likeness (QED) is 0.667. The lowest BCUT2D eigenvalue weighted by Crippen LogP contribution is -2.01. The molecule has 2 aliphatic carbocycles. The van der Waals surface area contributed by atoms with Crippen LogP contribution in [0, 0.1) is 0 Å². The van der Waals surface area contributed by atoms with Gasteiger partial charge in [0.2, 0.25) is 0 Å². The fourth-order valence-electron chi connectivity index (χ4n) is 1.54. The molecule has 0 atom stereocenters. The molecule has 0 aromatic rings. The van der Waals surface area contributed by atoms with E-state index in [0.29, 0.717) is 12.0 Å². The van der Waals surface area contributed by atoms with Gasteiger partial charge < -0.3 is 5.11 Å². The lowest BCUT2D eigenvalue weighted by molar-refractivity contribution is -0.132. The van der Waals surface area contributed by atoms with Crippen molar-refractivity contribution < 1.29 is 9.90 Å². The first kappa shape index (κ1) is 11.8. The summed E-state index contributed by atoms with van der Waals surface area (Å²) >= 11 is 0. The van der Waals surface area contributed by atoms with Crippen molar-refractivity contribution in [2.75, 3.05) is 0 Å². The number of allylic oxidation sites excluding steroid dienone is 5. The average Bonchev–Trinajstić information content (AvgIpc) is 2.33. The average molecular weight is 206 g/mol. The SMILES string of the molecule is C1=CCCCC1.O=C(O)C1=CC=CCC1. The Balaban J connectivity index is 0.000000162. The van der Waals surface area contributed by atoms with Gasteiger partial charge in [0, 0.05) is 5.57 Å². The van der Waals surface area contributed by atoms with Crippen LogP contribution in [0.5, 0.6) is 0 Å². The van der Waals surface area contributed by atoms with Crippen LogP contribution in [0.4, 0.5) is 0 Å². The van der Waals surface area contributed by atoms with Gasteiger partial charge in [0.25, 0.3) is 0 Å². The van der Waals surface area contributed by atoms with E-state index in [4.69, 9.17) is 5.11 Å². The topological polar surface area (TPSA) is 37.3 Å². The van der Waals surface area contributed by atoms with E-state index >= 15 is 0 Å². The van der Waals surface area contributed by atoms with E-state index in [2.05, 4.69) is 12.2 Å². The maximum atomic E-state index is 10.3. The van der Waals surface area contributed by atoms with E-state index in [9.17, 15) is 4.79 Å². The Kier molecular flexibility index (Phi) is 5.52. The van der Waals surface area contributed by atoms with Crippen LogP contribution < -0.4 is 0 Å². The number of carboxylic acid groups (broad SMARTS) is 1. The molecule has 2 aliphatic rings. The monoisotopic (exact) mass is 206 g/mol. The summed E-state index contributed by atoms with van der Waals surface area (Å²) in [4.78, 5) is 10.3. The molecule has 15 heavy (non-hydrogen) atoms. The molecule has 0 saturated heterocycles. The molecule has 0 fully saturated rings. The first-order chi connectivity index (χ1) is 7.30. The molecule has 2 heteroatoms. The number of carboxylic acids is 1. The van der Waals surface area contributed by atoms with Crippen LogP contribution in [-0.2, 0) is 4.79 Å². The Labute approximate surface area is 91.0 Å². The highest BCUT2D eigenvalue weighted by Gasteiger charge is 2.05. The van der Waals surface area contributed by atoms with E-state index in [1.54, 1.807) is 12.2 Å². The van der Waals surface area contributed by atoms with Crippen molar-refractivity contribution in [3.05, 3.63) is 36.0 Å². The molecule has 0 bridgehead atoms. The summed E-state index contributed by atoms with van der Waals surface area (Å²) < 4.78 is 0. The molecule has 0 aliphatic heterocycles. The lowest BCUT2D eigenvalue weighted by Gasteiger charge is -2.00. The molecule has 2 rings (SSSR count). The number of carbonyl (C=O) groups is 1. The van der Waals surface area contributed by atoms with Crippen LogP contribution >= 0.6 is 0 Å². The second-order valence-electron chi connectivity index (χ2n) is 3.72. The molecule has 0 aromatic carbocycles. The van der Waals surface area contributed by atoms with Crippen molar-refractivity contribution >= 4 is 5.97 Å². The molecule has 0 saturated carbocycles. The summed E-state index contributed by atoms with van der Waals surface area (Å²) in [6.45, 7) is 0. The largest absolute Gasteiger partial charge is 0.478 e. The zero-order valence-electron chi connectivity index (χ0n) is 8.98. The minimum atomic E-state index is -0.792. The van der Waals surface area contributed by atoms with Crippen LogP contribution in [0.25, 0.3) is 0 Å². The van der Waals surface area contributed by atoms with Gasteiger partial charge in [-0.2, -0.15) is 0 Å². The Hall–Kier alpha value is -1.31. The minimum Gasteiger partial charge on any atom is -0.478 e. The van der Waals surface area contributed by atoms with Crippen molar-refractivity contribution in [1.82, 2.24) is 0 Å². The van der Waals surface area contributed by atoms with Crippen LogP contribution in [0.1, 0.15) is 38.5 Å². The van der Waals surface area contributed by atoms with Crippen molar-refractivity contribution in [2.45, 2.75) is 38.5 Å². The number of hydrogen-bond donors (Lipinski definition) is 1. The van der Waals surface area contributed by atoms with Crippen molar-refractivity contribution in [2.24, 2.45) is 0 Å². The standard InChI is InChI=1S/C7H8O2.C6H10/c8-7(9)6-4-2-1-3-5-6;1-2-4-6-5-3-1/h1-2,4H,3,5H2,(H,8,9);1-2H,3-6H2. The third-order valence-electron chi connectivity index (χ3n) is 2.45. The van der Waals surface area contributed by atoms with Crippen LogP contribution in [0.3, 0.4) is 0 Å². The van der Waals surface area contributed by atoms with E-state index < -0.39 is 5.97 Å². The molecule has 0 unspecified atom stereocenters. The molecule has 0 spiro atoms. The summed E-state index contributed by atoms with van der Waals surface area (Å²) in [6.07, 6.45) is 16.9. The third kappa shape index (κ3) is 5.21. The van der Waals surface area contributed by atoms with Crippen LogP contribution in [-0.4, -0.2) is 11.1 Å². The Morgan fingerprint density at radius 1 is 1.07 bits per heavy atom. The van der Waals surface area contributed by atoms with E-state index in [1.807, 2.05) is 6.08 Å². The molecule has 0 aromatic heterocycles. The van der Waals surface area contributed by atoms with Gasteiger partial charge in [0.1, 0.15) is 0 Å². The minimum absolute atomic E-state index is 0.512. The summed E-state index contributed by atoms with van der Waals surface area (Å²) in [5.74, 6) is -0.792. The van der Waals surface area contributed by atoms with Gasteiger partial charge in [0.05, 0.1) is 0 Å². The van der Waals surface area contributed by atoms with Gasteiger partial charge in [-0.05, 0) is 38.5 Å². The second-order valence-corrected chi connectivity index (χ2v) is 3.72. The predicted octanol–water partition coefficient (Wildman–Crippen LogP) is 3.46. The molecule has 0 radical (unpaired) electrons. The van der Waals surface area contributed by atoms with Crippen LogP contribution in [0.15, 0.2) is 36.0 Å². The second kappa shape index (κ2) is 7.04. The summed E-state index contributed by atoms with van der Waals surface area (Å²) in [5.41, 5.74) is 0.512. The molecule has 0 heterocycles. The first-order valence-electron chi connectivity index (χ1n) is 5.54. The van der Waals surface area contributed by atoms with E-state index in [0.717, 1.165) is 6.42 Å². The van der Waals surface area contributed by atoms with Gasteiger partial charge in [-0.3, -0.25) is 0 Å². The summed E-state index contributed by atoms with van der Waals surface area (Å²) in [7, 11) is 0. The van der Waals surface area contributed by atoms with E-state index in [1.165, 1.54) is 25.7 Å². The highest BCUT2D eigenvalue weighted by Crippen LogP contribution is 2.10. The predicted molar refractivity (Wildman–Crippen MR) is 61.7 cm³/mol. The molecule has 0 amide bonds. The summed E-state index contributed by atoms with van der Waals surface area (Å²) in [6, 6.07) is 0. The van der Waals surface area contributed by atoms with Gasteiger partial charge in [-0.25, -0.2) is 4.79 Å². The van der Waals surface area contributed by atoms with Crippen LogP contribution in [0.2, 0.25) is 0 Å². The first-order valence-corrected chi connectivity index (χ1v) is 5.54. The normalized spacial score (nSPS) is 18.8. The molecule has 82 valence electrons. The number of rotatable bonds is 1. The number of aliphatic carboxylic acids is 1. The smallest absolute Gasteiger partial charge is 0.331 e. The molecule has 2 nitrogen and oxygen atoms in total. The Morgan fingerprint density at radius 2 is 1.73 bits per heavy atom. The molecular formula is C13H18O2. The third-order valence-corrected chi connectivity index (χ3v) is 2.45. The van der Waals surface area contributed by atoms with Crippen molar-refractivity contribution in [3.8, 4) is 0 Å². The van der Waals surface area contributed by atoms with Crippen molar-refractivity contribution in [3.63, 3.8) is 0 Å². The van der Waals surface area contributed by atoms with Gasteiger partial charge in [-0.15, -0.1) is 0 Å². The van der Waals surface area contributed by atoms with Crippen molar-refractivity contribution in [1.29, 1.82) is 0 Å². The highest BCUT2D eigenvalue weighted by atomic mass is 16.4.